The quantitative estimate of drug-likeness (QED) is 0.411. The van der Waals surface area contributed by atoms with E-state index in [9.17, 15) is 5.11 Å². The Morgan fingerprint density at radius 2 is 1.67 bits per heavy atom. The van der Waals surface area contributed by atoms with Crippen LogP contribution in [0.1, 0.15) is 6.92 Å². The van der Waals surface area contributed by atoms with Crippen molar-refractivity contribution in [2.75, 3.05) is 0 Å². The van der Waals surface area contributed by atoms with Crippen molar-refractivity contribution >= 4 is 0 Å². The Hall–Kier alpha value is -0.120. The van der Waals surface area contributed by atoms with E-state index in [0.717, 1.165) is 0 Å². The highest BCUT2D eigenvalue weighted by Crippen LogP contribution is 1.83. The van der Waals surface area contributed by atoms with Crippen molar-refractivity contribution in [3.63, 3.8) is 0 Å². The van der Waals surface area contributed by atoms with Gasteiger partial charge in [-0.15, -0.1) is 0 Å². The lowest BCUT2D eigenvalue weighted by molar-refractivity contribution is -0.153. The number of hydrogen-bond acceptors (Lipinski definition) is 2. The summed E-state index contributed by atoms with van der Waals surface area (Å²) in [4.78, 5) is 0. The van der Waals surface area contributed by atoms with Crippen LogP contribution in [-0.4, -0.2) is 22.6 Å². The molecule has 6 heavy (non-hydrogen) atoms. The third kappa shape index (κ3) is 2.14. The third-order valence-electron chi connectivity index (χ3n) is 0.413. The van der Waals surface area contributed by atoms with E-state index >= 15 is 0 Å². The summed E-state index contributed by atoms with van der Waals surface area (Å²) in [5.41, 5.74) is 0. The van der Waals surface area contributed by atoms with Gasteiger partial charge in [0.1, 0.15) is 6.10 Å². The van der Waals surface area contributed by atoms with E-state index in [2.05, 4.69) is 0 Å². The molecule has 2 atom stereocenters. The normalized spacial score (nSPS) is 15.5. The van der Waals surface area contributed by atoms with Crippen LogP contribution in [0, 0.1) is 0 Å². The minimum atomic E-state index is -1.84. The summed E-state index contributed by atoms with van der Waals surface area (Å²) in [6.45, 7) is 1.23. The van der Waals surface area contributed by atoms with Crippen LogP contribution in [0.3, 0.4) is 0 Å². The Kier molecular flexibility index (Phi) is 2.08. The first kappa shape index (κ1) is 5.88. The highest BCUT2D eigenvalue weighted by atomic mass is 16.5. The maximum Gasteiger partial charge on any atom is 0.214 e. The summed E-state index contributed by atoms with van der Waals surface area (Å²) in [7, 11) is 0. The minimum absolute atomic E-state index is 1.15. The highest BCUT2D eigenvalue weighted by Gasteiger charge is 2.04. The molecule has 0 spiro atoms. The van der Waals surface area contributed by atoms with Crippen molar-refractivity contribution in [2.45, 2.75) is 19.3 Å². The summed E-state index contributed by atoms with van der Waals surface area (Å²) in [5.74, 6) is 0. The second-order valence-electron chi connectivity index (χ2n) is 1.13. The van der Waals surface area contributed by atoms with Gasteiger partial charge in [0.2, 0.25) is 6.29 Å². The second kappa shape index (κ2) is 2.12. The monoisotopic (exact) mass is 91.0 g/mol. The number of hydrogen-bond donors (Lipinski definition) is 2. The van der Waals surface area contributed by atoms with Crippen molar-refractivity contribution in [1.82, 2.24) is 0 Å². The molecule has 1 radical (unpaired) electrons. The van der Waals surface area contributed by atoms with Gasteiger partial charge in [0.25, 0.3) is 0 Å². The van der Waals surface area contributed by atoms with Gasteiger partial charge in [0, 0.05) is 0 Å². The van der Waals surface area contributed by atoms with Crippen LogP contribution < -0.4 is 0 Å². The van der Waals surface area contributed by atoms with Gasteiger partial charge in [0.15, 0.2) is 0 Å². The zero-order valence-electron chi connectivity index (χ0n) is 3.46. The highest BCUT2D eigenvalue weighted by molar-refractivity contribution is 4.42. The molecule has 0 fully saturated rings. The molecule has 2 N–H and O–H groups in total. The molecule has 3 heteroatoms. The van der Waals surface area contributed by atoms with E-state index in [-0.39, 0.29) is 0 Å². The van der Waals surface area contributed by atoms with Crippen LogP contribution in [0.2, 0.25) is 0 Å². The predicted molar refractivity (Wildman–Crippen MR) is 18.4 cm³/mol. The lowest BCUT2D eigenvalue weighted by atomic mass is 10.4. The van der Waals surface area contributed by atoms with Gasteiger partial charge < -0.3 is 10.2 Å². The molecule has 0 aliphatic carbocycles. The standard InChI is InChI=1S/C3H7O3/c1-2(4)3(5)6/h2-5H,1H3/t2?,3-/m0/s1. The van der Waals surface area contributed by atoms with Crippen LogP contribution in [-0.2, 0) is 5.11 Å². The fraction of sp³-hybridized carbons (Fsp3) is 1.00. The average molecular weight is 91.1 g/mol. The van der Waals surface area contributed by atoms with Gasteiger partial charge in [-0.3, -0.25) is 0 Å². The molecule has 0 heterocycles. The minimum Gasteiger partial charge on any atom is -0.388 e. The largest absolute Gasteiger partial charge is 0.388 e. The zero-order valence-corrected chi connectivity index (χ0v) is 3.46. The Balaban J connectivity index is 2.99. The molecule has 0 aliphatic heterocycles. The van der Waals surface area contributed by atoms with E-state index in [1.165, 1.54) is 6.92 Å². The molecule has 37 valence electrons. The van der Waals surface area contributed by atoms with Gasteiger partial charge >= 0.3 is 0 Å². The van der Waals surface area contributed by atoms with E-state index in [0.29, 0.717) is 0 Å². The van der Waals surface area contributed by atoms with Crippen molar-refractivity contribution in [3.05, 3.63) is 0 Å². The molecule has 1 unspecified atom stereocenters. The summed E-state index contributed by atoms with van der Waals surface area (Å²) in [5, 5.41) is 25.4. The first-order chi connectivity index (χ1) is 2.64. The molecule has 0 aromatic heterocycles. The molecular formula is C3H7O3. The van der Waals surface area contributed by atoms with Gasteiger partial charge in [-0.25, -0.2) is 0 Å². The van der Waals surface area contributed by atoms with Crippen LogP contribution in [0.4, 0.5) is 0 Å². The molecule has 0 rings (SSSR count). The van der Waals surface area contributed by atoms with E-state index < -0.39 is 12.4 Å². The number of aliphatic hydroxyl groups is 2. The fourth-order valence-corrected chi connectivity index (χ4v) is 0. The first-order valence-corrected chi connectivity index (χ1v) is 1.66. The van der Waals surface area contributed by atoms with Gasteiger partial charge in [-0.1, -0.05) is 0 Å². The van der Waals surface area contributed by atoms with Gasteiger partial charge in [0.05, 0.1) is 0 Å². The van der Waals surface area contributed by atoms with Crippen LogP contribution in [0.5, 0.6) is 0 Å². The average Bonchev–Trinajstić information content (AvgIpc) is 1.36. The van der Waals surface area contributed by atoms with Crippen molar-refractivity contribution in [2.24, 2.45) is 0 Å². The maximum atomic E-state index is 9.53. The lowest BCUT2D eigenvalue weighted by Gasteiger charge is -1.99. The van der Waals surface area contributed by atoms with Crippen LogP contribution >= 0.6 is 0 Å². The van der Waals surface area contributed by atoms with Gasteiger partial charge in [-0.2, -0.15) is 5.11 Å². The molecule has 0 aromatic rings. The SMILES string of the molecule is CC(O)[C@H]([O])O. The molecule has 3 nitrogen and oxygen atoms in total. The molecule has 0 saturated carbocycles. The number of aliphatic hydroxyl groups excluding tert-OH is 2. The first-order valence-electron chi connectivity index (χ1n) is 1.66. The summed E-state index contributed by atoms with van der Waals surface area (Å²) < 4.78 is 0. The van der Waals surface area contributed by atoms with E-state index in [1.807, 2.05) is 0 Å². The Morgan fingerprint density at radius 1 is 1.50 bits per heavy atom. The summed E-state index contributed by atoms with van der Waals surface area (Å²) in [6, 6.07) is 0. The Bertz CT molecular complexity index is 27.0. The van der Waals surface area contributed by atoms with Crippen LogP contribution in [0.25, 0.3) is 0 Å². The van der Waals surface area contributed by atoms with E-state index in [1.54, 1.807) is 0 Å². The summed E-state index contributed by atoms with van der Waals surface area (Å²) in [6.07, 6.45) is -2.99. The zero-order chi connectivity index (χ0) is 5.15. The molecule has 0 aromatic carbocycles. The molecular weight excluding hydrogens is 84.0 g/mol. The molecule has 0 aliphatic rings. The maximum absolute atomic E-state index is 9.53. The second-order valence-corrected chi connectivity index (χ2v) is 1.13. The third-order valence-corrected chi connectivity index (χ3v) is 0.413. The molecule has 0 bridgehead atoms. The van der Waals surface area contributed by atoms with Crippen LogP contribution in [0.15, 0.2) is 0 Å². The fourth-order valence-electron chi connectivity index (χ4n) is 0. The van der Waals surface area contributed by atoms with Crippen molar-refractivity contribution < 1.29 is 15.3 Å². The topological polar surface area (TPSA) is 60.4 Å². The van der Waals surface area contributed by atoms with Crippen molar-refractivity contribution in [1.29, 1.82) is 0 Å². The Morgan fingerprint density at radius 3 is 1.67 bits per heavy atom. The smallest absolute Gasteiger partial charge is 0.214 e. The number of rotatable bonds is 1. The molecule has 0 amide bonds. The van der Waals surface area contributed by atoms with Crippen molar-refractivity contribution in [3.8, 4) is 0 Å². The van der Waals surface area contributed by atoms with E-state index in [4.69, 9.17) is 10.2 Å². The lowest BCUT2D eigenvalue weighted by Crippen LogP contribution is -2.19. The predicted octanol–water partition coefficient (Wildman–Crippen LogP) is -0.884. The van der Waals surface area contributed by atoms with Gasteiger partial charge in [-0.05, 0) is 6.92 Å². The summed E-state index contributed by atoms with van der Waals surface area (Å²) >= 11 is 0. The molecule has 0 saturated heterocycles. The Labute approximate surface area is 35.9 Å².